The molecule has 0 aromatic heterocycles. The van der Waals surface area contributed by atoms with Crippen molar-refractivity contribution in [1.29, 1.82) is 0 Å². The van der Waals surface area contributed by atoms with Crippen molar-refractivity contribution >= 4 is 23.0 Å². The monoisotopic (exact) mass is 298 g/mol. The van der Waals surface area contributed by atoms with Crippen molar-refractivity contribution in [3.05, 3.63) is 33.3 Å². The molecule has 1 aromatic rings. The highest BCUT2D eigenvalue weighted by Crippen LogP contribution is 2.31. The molecule has 5 nitrogen and oxygen atoms in total. The molecule has 1 aliphatic carbocycles. The molecule has 1 N–H and O–H groups in total. The number of nitro groups is 1. The molecular formula is C14H19ClN2O3. The van der Waals surface area contributed by atoms with Crippen molar-refractivity contribution in [2.75, 3.05) is 18.5 Å². The number of benzene rings is 1. The normalized spacial score (nSPS) is 16.1. The third kappa shape index (κ3) is 4.08. The zero-order valence-electron chi connectivity index (χ0n) is 11.3. The minimum atomic E-state index is -0.434. The van der Waals surface area contributed by atoms with Crippen LogP contribution in [-0.2, 0) is 4.74 Å². The van der Waals surface area contributed by atoms with E-state index in [1.54, 1.807) is 12.1 Å². The molecule has 1 aromatic carbocycles. The van der Waals surface area contributed by atoms with Gasteiger partial charge in [0.15, 0.2) is 0 Å². The minimum absolute atomic E-state index is 0.00448. The van der Waals surface area contributed by atoms with Crippen LogP contribution >= 0.6 is 11.6 Å². The summed E-state index contributed by atoms with van der Waals surface area (Å²) in [5.41, 5.74) is 0.363. The Balaban J connectivity index is 1.83. The summed E-state index contributed by atoms with van der Waals surface area (Å²) in [7, 11) is 0. The number of rotatable bonds is 6. The molecule has 0 saturated heterocycles. The van der Waals surface area contributed by atoms with E-state index in [9.17, 15) is 10.1 Å². The average Bonchev–Trinajstić information content (AvgIpc) is 2.45. The van der Waals surface area contributed by atoms with Crippen molar-refractivity contribution in [3.63, 3.8) is 0 Å². The summed E-state index contributed by atoms with van der Waals surface area (Å²) < 4.78 is 5.77. The summed E-state index contributed by atoms with van der Waals surface area (Å²) in [5.74, 6) is 0. The fourth-order valence-corrected chi connectivity index (χ4v) is 2.71. The topological polar surface area (TPSA) is 64.4 Å². The Labute approximate surface area is 123 Å². The van der Waals surface area contributed by atoms with E-state index >= 15 is 0 Å². The van der Waals surface area contributed by atoms with Gasteiger partial charge in [0.2, 0.25) is 0 Å². The Morgan fingerprint density at radius 2 is 2.10 bits per heavy atom. The SMILES string of the molecule is O=[N+]([O-])c1cccc(Cl)c1NCCOC1CCCCC1. The molecule has 20 heavy (non-hydrogen) atoms. The second-order valence-corrected chi connectivity index (χ2v) is 5.36. The molecule has 2 rings (SSSR count). The van der Waals surface area contributed by atoms with Gasteiger partial charge in [-0.05, 0) is 18.9 Å². The number of nitro benzene ring substituents is 1. The van der Waals surface area contributed by atoms with E-state index in [4.69, 9.17) is 16.3 Å². The zero-order chi connectivity index (χ0) is 14.4. The lowest BCUT2D eigenvalue weighted by Crippen LogP contribution is -2.20. The molecule has 0 atom stereocenters. The van der Waals surface area contributed by atoms with Crippen LogP contribution in [0.1, 0.15) is 32.1 Å². The second-order valence-electron chi connectivity index (χ2n) is 4.95. The Morgan fingerprint density at radius 1 is 1.35 bits per heavy atom. The molecule has 0 aliphatic heterocycles. The Kier molecular flexibility index (Phi) is 5.61. The lowest BCUT2D eigenvalue weighted by molar-refractivity contribution is -0.383. The summed E-state index contributed by atoms with van der Waals surface area (Å²) in [6.07, 6.45) is 6.33. The van der Waals surface area contributed by atoms with Gasteiger partial charge in [0, 0.05) is 12.6 Å². The molecular weight excluding hydrogens is 280 g/mol. The first-order valence-corrected chi connectivity index (χ1v) is 7.34. The van der Waals surface area contributed by atoms with Crippen molar-refractivity contribution in [2.45, 2.75) is 38.2 Å². The van der Waals surface area contributed by atoms with E-state index in [2.05, 4.69) is 5.32 Å². The maximum Gasteiger partial charge on any atom is 0.293 e. The average molecular weight is 299 g/mol. The highest BCUT2D eigenvalue weighted by Gasteiger charge is 2.17. The molecule has 1 fully saturated rings. The van der Waals surface area contributed by atoms with Crippen LogP contribution in [0.3, 0.4) is 0 Å². The fraction of sp³-hybridized carbons (Fsp3) is 0.571. The van der Waals surface area contributed by atoms with E-state index < -0.39 is 4.92 Å². The molecule has 0 radical (unpaired) electrons. The predicted octanol–water partition coefficient (Wildman–Crippen LogP) is 4.01. The van der Waals surface area contributed by atoms with Crippen LogP contribution in [0.5, 0.6) is 0 Å². The number of nitrogens with one attached hydrogen (secondary N) is 1. The number of hydrogen-bond donors (Lipinski definition) is 1. The van der Waals surface area contributed by atoms with Crippen LogP contribution in [-0.4, -0.2) is 24.2 Å². The van der Waals surface area contributed by atoms with Crippen molar-refractivity contribution in [2.24, 2.45) is 0 Å². The first-order chi connectivity index (χ1) is 9.68. The third-order valence-electron chi connectivity index (χ3n) is 3.50. The zero-order valence-corrected chi connectivity index (χ0v) is 12.1. The van der Waals surface area contributed by atoms with Crippen LogP contribution in [0.4, 0.5) is 11.4 Å². The second kappa shape index (κ2) is 7.45. The molecule has 1 saturated carbocycles. The maximum absolute atomic E-state index is 10.9. The quantitative estimate of drug-likeness (QED) is 0.489. The summed E-state index contributed by atoms with van der Waals surface area (Å²) >= 11 is 5.99. The molecule has 0 unspecified atom stereocenters. The lowest BCUT2D eigenvalue weighted by atomic mass is 9.98. The van der Waals surface area contributed by atoms with Gasteiger partial charge in [-0.2, -0.15) is 0 Å². The Hall–Kier alpha value is -1.33. The first kappa shape index (κ1) is 15.1. The number of para-hydroxylation sites is 1. The highest BCUT2D eigenvalue weighted by atomic mass is 35.5. The smallest absolute Gasteiger partial charge is 0.293 e. The van der Waals surface area contributed by atoms with Gasteiger partial charge < -0.3 is 10.1 Å². The highest BCUT2D eigenvalue weighted by molar-refractivity contribution is 6.33. The van der Waals surface area contributed by atoms with Gasteiger partial charge in [0.1, 0.15) is 5.69 Å². The van der Waals surface area contributed by atoms with Gasteiger partial charge in [0.05, 0.1) is 22.7 Å². The lowest BCUT2D eigenvalue weighted by Gasteiger charge is -2.22. The predicted molar refractivity (Wildman–Crippen MR) is 79.4 cm³/mol. The number of anilines is 1. The summed E-state index contributed by atoms with van der Waals surface area (Å²) in [6, 6.07) is 4.65. The van der Waals surface area contributed by atoms with Crippen LogP contribution in [0, 0.1) is 10.1 Å². The van der Waals surface area contributed by atoms with Gasteiger partial charge in [-0.15, -0.1) is 0 Å². The summed E-state index contributed by atoms with van der Waals surface area (Å²) in [6.45, 7) is 1.05. The largest absolute Gasteiger partial charge is 0.376 e. The molecule has 1 aliphatic rings. The van der Waals surface area contributed by atoms with Crippen LogP contribution in [0.2, 0.25) is 5.02 Å². The maximum atomic E-state index is 10.9. The van der Waals surface area contributed by atoms with Gasteiger partial charge in [-0.1, -0.05) is 36.9 Å². The number of nitrogens with zero attached hydrogens (tertiary/aromatic N) is 1. The summed E-state index contributed by atoms with van der Waals surface area (Å²) in [4.78, 5) is 10.5. The fourth-order valence-electron chi connectivity index (χ4n) is 2.47. The first-order valence-electron chi connectivity index (χ1n) is 6.97. The number of ether oxygens (including phenoxy) is 1. The summed E-state index contributed by atoms with van der Waals surface area (Å²) in [5, 5.41) is 14.3. The van der Waals surface area contributed by atoms with Gasteiger partial charge in [-0.3, -0.25) is 10.1 Å². The van der Waals surface area contributed by atoms with E-state index in [1.165, 1.54) is 25.3 Å². The van der Waals surface area contributed by atoms with E-state index in [0.29, 0.717) is 30.0 Å². The molecule has 0 spiro atoms. The van der Waals surface area contributed by atoms with Gasteiger partial charge in [-0.25, -0.2) is 0 Å². The van der Waals surface area contributed by atoms with Crippen LogP contribution in [0.25, 0.3) is 0 Å². The molecule has 0 amide bonds. The van der Waals surface area contributed by atoms with E-state index in [0.717, 1.165) is 12.8 Å². The molecule has 0 bridgehead atoms. The van der Waals surface area contributed by atoms with Crippen molar-refractivity contribution in [1.82, 2.24) is 0 Å². The standard InChI is InChI=1S/C14H19ClN2O3/c15-12-7-4-8-13(17(18)19)14(12)16-9-10-20-11-5-2-1-3-6-11/h4,7-8,11,16H,1-3,5-6,9-10H2. The van der Waals surface area contributed by atoms with Crippen molar-refractivity contribution < 1.29 is 9.66 Å². The van der Waals surface area contributed by atoms with Crippen LogP contribution < -0.4 is 5.32 Å². The van der Waals surface area contributed by atoms with Crippen LogP contribution in [0.15, 0.2) is 18.2 Å². The number of hydrogen-bond acceptors (Lipinski definition) is 4. The van der Waals surface area contributed by atoms with E-state index in [-0.39, 0.29) is 5.69 Å². The minimum Gasteiger partial charge on any atom is -0.376 e. The van der Waals surface area contributed by atoms with Crippen molar-refractivity contribution in [3.8, 4) is 0 Å². The Morgan fingerprint density at radius 3 is 2.80 bits per heavy atom. The van der Waals surface area contributed by atoms with Gasteiger partial charge >= 0.3 is 0 Å². The Bertz CT molecular complexity index is 462. The van der Waals surface area contributed by atoms with E-state index in [1.807, 2.05) is 0 Å². The molecule has 6 heteroatoms. The van der Waals surface area contributed by atoms with Gasteiger partial charge in [0.25, 0.3) is 5.69 Å². The molecule has 110 valence electrons. The number of halogens is 1. The third-order valence-corrected chi connectivity index (χ3v) is 3.81. The molecule has 0 heterocycles.